The molecule has 0 aliphatic heterocycles. The first-order valence-electron chi connectivity index (χ1n) is 3.87. The van der Waals surface area contributed by atoms with Gasteiger partial charge in [-0.2, -0.15) is 0 Å². The lowest BCUT2D eigenvalue weighted by atomic mass is 10.4. The smallest absolute Gasteiger partial charge is 0.454 e. The van der Waals surface area contributed by atoms with Crippen molar-refractivity contribution in [2.75, 3.05) is 0 Å². The quantitative estimate of drug-likeness (QED) is 0.593. The van der Waals surface area contributed by atoms with Gasteiger partial charge in [-0.25, -0.2) is 0 Å². The molecule has 0 saturated heterocycles. The van der Waals surface area contributed by atoms with E-state index in [0.717, 1.165) is 5.28 Å². The van der Waals surface area contributed by atoms with E-state index in [0.29, 0.717) is 0 Å². The van der Waals surface area contributed by atoms with Crippen LogP contribution in [0.2, 0.25) is 11.1 Å². The monoisotopic (exact) mass is 146 g/mol. The highest BCUT2D eigenvalue weighted by Crippen LogP contribution is 1.79. The minimum Gasteiger partial charge on any atom is -0.516 e. The van der Waals surface area contributed by atoms with Crippen LogP contribution in [0.15, 0.2) is 0 Å². The van der Waals surface area contributed by atoms with Crippen LogP contribution in [-0.4, -0.2) is 18.6 Å². The van der Waals surface area contributed by atoms with Gasteiger partial charge in [0.2, 0.25) is 0 Å². The van der Waals surface area contributed by atoms with Gasteiger partial charge in [-0.15, -0.1) is 0 Å². The van der Waals surface area contributed by atoms with E-state index in [-0.39, 0.29) is 0 Å². The van der Waals surface area contributed by atoms with E-state index < -0.39 is 14.5 Å². The molecule has 56 valence electrons. The molecule has 9 heavy (non-hydrogen) atoms. The van der Waals surface area contributed by atoms with Gasteiger partial charge in [0, 0.05) is 0 Å². The molecule has 0 rings (SSSR count). The summed E-state index contributed by atoms with van der Waals surface area (Å²) in [6.45, 7) is 6.37. The first-order valence-corrected chi connectivity index (χ1v) is 6.35. The topological polar surface area (TPSA) is 20.2 Å². The van der Waals surface area contributed by atoms with Crippen molar-refractivity contribution in [3.05, 3.63) is 0 Å². The molecule has 0 aromatic rings. The van der Waals surface area contributed by atoms with E-state index in [9.17, 15) is 0 Å². The van der Waals surface area contributed by atoms with Crippen LogP contribution in [0.4, 0.5) is 0 Å². The van der Waals surface area contributed by atoms with Gasteiger partial charge in [0.05, 0.1) is 0 Å². The molecule has 0 bridgehead atoms. The van der Waals surface area contributed by atoms with Crippen molar-refractivity contribution in [1.29, 1.82) is 0 Å². The molecule has 0 spiro atoms. The molecule has 0 radical (unpaired) electrons. The SMILES string of the molecule is CCCC.C[CH2][Al]([CH3])[OH]. The Morgan fingerprint density at radius 1 is 1.11 bits per heavy atom. The zero-order chi connectivity index (χ0) is 7.70. The summed E-state index contributed by atoms with van der Waals surface area (Å²) in [4.78, 5) is 0. The molecule has 0 aromatic carbocycles. The lowest BCUT2D eigenvalue weighted by Crippen LogP contribution is -1.99. The number of hydrogen-bond acceptors (Lipinski definition) is 1. The largest absolute Gasteiger partial charge is 0.516 e. The number of rotatable bonds is 2. The molecule has 0 aromatic heterocycles. The van der Waals surface area contributed by atoms with Crippen molar-refractivity contribution in [1.82, 2.24) is 0 Å². The highest BCUT2D eigenvalue weighted by atomic mass is 27.2. The average molecular weight is 146 g/mol. The highest BCUT2D eigenvalue weighted by Gasteiger charge is 1.98. The maximum atomic E-state index is 8.50. The van der Waals surface area contributed by atoms with Gasteiger partial charge in [-0.3, -0.25) is 0 Å². The van der Waals surface area contributed by atoms with Crippen LogP contribution < -0.4 is 0 Å². The fourth-order valence-electron chi connectivity index (χ4n) is 0. The van der Waals surface area contributed by atoms with Crippen molar-refractivity contribution < 1.29 is 4.16 Å². The summed E-state index contributed by atoms with van der Waals surface area (Å²) in [5.74, 6) is 1.92. The van der Waals surface area contributed by atoms with E-state index in [1.807, 2.05) is 12.7 Å². The molecule has 0 atom stereocenters. The minimum absolute atomic E-state index is 1.00. The van der Waals surface area contributed by atoms with Gasteiger partial charge in [-0.05, 0) is 0 Å². The second-order valence-electron chi connectivity index (χ2n) is 2.26. The molecule has 1 nitrogen and oxygen atoms in total. The van der Waals surface area contributed by atoms with E-state index in [4.69, 9.17) is 4.16 Å². The standard InChI is InChI=1S/C4H10.C2H5.CH3.Al.H2O/c1-3-4-2;1-2;;;/h3-4H2,1-2H3;1H2,2H3;1H3;;1H2/q;;;+1;/p-1. The summed E-state index contributed by atoms with van der Waals surface area (Å²) in [7, 11) is 0. The van der Waals surface area contributed by atoms with Crippen molar-refractivity contribution in [2.24, 2.45) is 0 Å². The van der Waals surface area contributed by atoms with E-state index in [2.05, 4.69) is 13.8 Å². The second-order valence-corrected chi connectivity index (χ2v) is 4.77. The van der Waals surface area contributed by atoms with Crippen molar-refractivity contribution >= 4 is 14.5 Å². The van der Waals surface area contributed by atoms with Crippen LogP contribution in [0.3, 0.4) is 0 Å². The molecule has 0 amide bonds. The normalized spacial score (nSPS) is 7.67. The van der Waals surface area contributed by atoms with E-state index >= 15 is 0 Å². The third-order valence-corrected chi connectivity index (χ3v) is 2.27. The molecular weight excluding hydrogens is 127 g/mol. The van der Waals surface area contributed by atoms with Crippen LogP contribution in [0.25, 0.3) is 0 Å². The first kappa shape index (κ1) is 12.2. The summed E-state index contributed by atoms with van der Waals surface area (Å²) in [5, 5.41) is 1.00. The van der Waals surface area contributed by atoms with Crippen LogP contribution in [-0.2, 0) is 0 Å². The molecule has 0 fully saturated rings. The Morgan fingerprint density at radius 3 is 1.33 bits per heavy atom. The van der Waals surface area contributed by atoms with Gasteiger partial charge in [0.15, 0.2) is 0 Å². The zero-order valence-electron chi connectivity index (χ0n) is 7.15. The van der Waals surface area contributed by atoms with Crippen molar-refractivity contribution in [2.45, 2.75) is 44.7 Å². The minimum atomic E-state index is -1.15. The van der Waals surface area contributed by atoms with Crippen molar-refractivity contribution in [3.8, 4) is 0 Å². The van der Waals surface area contributed by atoms with Crippen LogP contribution in [0.1, 0.15) is 33.6 Å². The Balaban J connectivity index is 0. The Morgan fingerprint density at radius 2 is 1.33 bits per heavy atom. The summed E-state index contributed by atoms with van der Waals surface area (Å²) >= 11 is -1.15. The Hall–Kier alpha value is 0.492. The maximum absolute atomic E-state index is 8.50. The maximum Gasteiger partial charge on any atom is 0.454 e. The predicted molar refractivity (Wildman–Crippen MR) is 44.9 cm³/mol. The summed E-state index contributed by atoms with van der Waals surface area (Å²) in [6, 6.07) is 0. The molecule has 0 heterocycles. The predicted octanol–water partition coefficient (Wildman–Crippen LogP) is 2.43. The number of hydrogen-bond donors (Lipinski definition) is 1. The number of unbranched alkanes of at least 4 members (excludes halogenated alkanes) is 1. The lowest BCUT2D eigenvalue weighted by molar-refractivity contribution is 0.579. The van der Waals surface area contributed by atoms with E-state index in [1.165, 1.54) is 12.8 Å². The van der Waals surface area contributed by atoms with Gasteiger partial charge in [0.1, 0.15) is 0 Å². The summed E-state index contributed by atoms with van der Waals surface area (Å²) in [5.41, 5.74) is 0. The van der Waals surface area contributed by atoms with Crippen LogP contribution in [0.5, 0.6) is 0 Å². The molecule has 1 N–H and O–H groups in total. The van der Waals surface area contributed by atoms with Crippen molar-refractivity contribution in [3.63, 3.8) is 0 Å². The third kappa shape index (κ3) is 29.3. The van der Waals surface area contributed by atoms with Gasteiger partial charge in [-0.1, -0.05) is 44.7 Å². The van der Waals surface area contributed by atoms with Gasteiger partial charge < -0.3 is 4.16 Å². The molecular formula is C7H19AlO. The third-order valence-electron chi connectivity index (χ3n) is 1.09. The fraction of sp³-hybridized carbons (Fsp3) is 1.00. The summed E-state index contributed by atoms with van der Waals surface area (Å²) in [6.07, 6.45) is 2.64. The molecule has 2 heteroatoms. The van der Waals surface area contributed by atoms with E-state index in [1.54, 1.807) is 0 Å². The van der Waals surface area contributed by atoms with Gasteiger partial charge in [0.25, 0.3) is 0 Å². The Bertz CT molecular complexity index is 35.9. The average Bonchev–Trinajstić information content (AvgIpc) is 1.89. The molecule has 0 unspecified atom stereocenters. The molecule has 0 saturated carbocycles. The molecule has 0 aliphatic rings. The fourth-order valence-corrected chi connectivity index (χ4v) is 0. The van der Waals surface area contributed by atoms with Gasteiger partial charge >= 0.3 is 14.5 Å². The van der Waals surface area contributed by atoms with Crippen LogP contribution in [0, 0.1) is 0 Å². The summed E-state index contributed by atoms with van der Waals surface area (Å²) < 4.78 is 8.50. The zero-order valence-corrected chi connectivity index (χ0v) is 8.30. The second kappa shape index (κ2) is 11.3. The Labute approximate surface area is 63.8 Å². The highest BCUT2D eigenvalue weighted by molar-refractivity contribution is 6.48. The molecule has 0 aliphatic carbocycles. The first-order chi connectivity index (χ1) is 4.18. The lowest BCUT2D eigenvalue weighted by Gasteiger charge is -1.79. The van der Waals surface area contributed by atoms with Crippen LogP contribution >= 0.6 is 0 Å². The Kier molecular flexibility index (Phi) is 15.3.